The van der Waals surface area contributed by atoms with E-state index in [2.05, 4.69) is 10.6 Å². The Labute approximate surface area is 115 Å². The Hall–Kier alpha value is -1.10. The fourth-order valence-electron chi connectivity index (χ4n) is 2.62. The number of carbonyl (C=O) groups excluding carboxylic acids is 2. The molecule has 5 nitrogen and oxygen atoms in total. The van der Waals surface area contributed by atoms with Gasteiger partial charge in [-0.1, -0.05) is 12.8 Å². The van der Waals surface area contributed by atoms with E-state index in [4.69, 9.17) is 5.73 Å². The standard InChI is InChI=1S/C14H27N3O2/c1-2-16-14(19)8-9-17-13(18)7-6-11-4-3-5-12(15)10-11/h11-12H,2-10,15H2,1H3,(H,16,19)(H,17,18). The molecule has 5 heteroatoms. The van der Waals surface area contributed by atoms with Crippen molar-refractivity contribution < 1.29 is 9.59 Å². The third-order valence-corrected chi connectivity index (χ3v) is 3.65. The molecule has 2 amide bonds. The Morgan fingerprint density at radius 3 is 2.58 bits per heavy atom. The molecule has 1 fully saturated rings. The first kappa shape index (κ1) is 16.0. The van der Waals surface area contributed by atoms with E-state index in [1.54, 1.807) is 0 Å². The molecule has 0 aliphatic heterocycles. The summed E-state index contributed by atoms with van der Waals surface area (Å²) in [5.74, 6) is 0.627. The second-order valence-electron chi connectivity index (χ2n) is 5.38. The number of nitrogens with one attached hydrogen (secondary N) is 2. The minimum atomic E-state index is -0.0129. The highest BCUT2D eigenvalue weighted by molar-refractivity contribution is 5.78. The van der Waals surface area contributed by atoms with Gasteiger partial charge in [-0.05, 0) is 32.1 Å². The first-order valence-corrected chi connectivity index (χ1v) is 7.40. The Bertz CT molecular complexity index is 294. The highest BCUT2D eigenvalue weighted by Gasteiger charge is 2.19. The second-order valence-corrected chi connectivity index (χ2v) is 5.38. The van der Waals surface area contributed by atoms with Crippen LogP contribution in [0, 0.1) is 5.92 Å². The first-order chi connectivity index (χ1) is 9.11. The van der Waals surface area contributed by atoms with Crippen molar-refractivity contribution in [3.63, 3.8) is 0 Å². The van der Waals surface area contributed by atoms with E-state index in [-0.39, 0.29) is 11.8 Å². The maximum atomic E-state index is 11.6. The van der Waals surface area contributed by atoms with Gasteiger partial charge in [0.15, 0.2) is 0 Å². The molecule has 1 saturated carbocycles. The summed E-state index contributed by atoms with van der Waals surface area (Å²) in [4.78, 5) is 22.8. The predicted molar refractivity (Wildman–Crippen MR) is 75.5 cm³/mol. The molecule has 0 heterocycles. The number of hydrogen-bond acceptors (Lipinski definition) is 3. The largest absolute Gasteiger partial charge is 0.356 e. The summed E-state index contributed by atoms with van der Waals surface area (Å²) >= 11 is 0. The molecule has 0 spiro atoms. The molecule has 0 aromatic rings. The van der Waals surface area contributed by atoms with Gasteiger partial charge in [0.05, 0.1) is 0 Å². The van der Waals surface area contributed by atoms with Crippen molar-refractivity contribution in [1.82, 2.24) is 10.6 Å². The lowest BCUT2D eigenvalue weighted by Gasteiger charge is -2.26. The molecule has 0 saturated heterocycles. The van der Waals surface area contributed by atoms with Crippen LogP contribution in [0.3, 0.4) is 0 Å². The van der Waals surface area contributed by atoms with Crippen molar-refractivity contribution in [2.24, 2.45) is 11.7 Å². The molecule has 1 aliphatic rings. The molecule has 4 N–H and O–H groups in total. The van der Waals surface area contributed by atoms with Gasteiger partial charge >= 0.3 is 0 Å². The van der Waals surface area contributed by atoms with E-state index in [1.165, 1.54) is 12.8 Å². The summed E-state index contributed by atoms with van der Waals surface area (Å²) in [7, 11) is 0. The zero-order chi connectivity index (χ0) is 14.1. The SMILES string of the molecule is CCNC(=O)CCNC(=O)CCC1CCCC(N)C1. The minimum Gasteiger partial charge on any atom is -0.356 e. The molecule has 19 heavy (non-hydrogen) atoms. The highest BCUT2D eigenvalue weighted by Crippen LogP contribution is 2.26. The minimum absolute atomic E-state index is 0.0129. The van der Waals surface area contributed by atoms with Crippen LogP contribution < -0.4 is 16.4 Å². The highest BCUT2D eigenvalue weighted by atomic mass is 16.2. The number of hydrogen-bond donors (Lipinski definition) is 3. The molecular weight excluding hydrogens is 242 g/mol. The quantitative estimate of drug-likeness (QED) is 0.643. The molecule has 0 aromatic heterocycles. The lowest BCUT2D eigenvalue weighted by Crippen LogP contribution is -2.31. The zero-order valence-corrected chi connectivity index (χ0v) is 11.9. The van der Waals surface area contributed by atoms with E-state index < -0.39 is 0 Å². The third kappa shape index (κ3) is 7.15. The fourth-order valence-corrected chi connectivity index (χ4v) is 2.62. The van der Waals surface area contributed by atoms with Crippen LogP contribution in [0.15, 0.2) is 0 Å². The van der Waals surface area contributed by atoms with Crippen molar-refractivity contribution in [3.05, 3.63) is 0 Å². The predicted octanol–water partition coefficient (Wildman–Crippen LogP) is 0.926. The van der Waals surface area contributed by atoms with Crippen LogP contribution >= 0.6 is 0 Å². The molecule has 1 rings (SSSR count). The second kappa shape index (κ2) is 8.91. The monoisotopic (exact) mass is 269 g/mol. The van der Waals surface area contributed by atoms with Crippen LogP contribution in [-0.2, 0) is 9.59 Å². The van der Waals surface area contributed by atoms with E-state index >= 15 is 0 Å². The summed E-state index contributed by atoms with van der Waals surface area (Å²) in [5.41, 5.74) is 5.93. The van der Waals surface area contributed by atoms with Crippen molar-refractivity contribution in [3.8, 4) is 0 Å². The van der Waals surface area contributed by atoms with Gasteiger partial charge in [-0.2, -0.15) is 0 Å². The fraction of sp³-hybridized carbons (Fsp3) is 0.857. The van der Waals surface area contributed by atoms with Gasteiger partial charge in [-0.3, -0.25) is 9.59 Å². The molecule has 110 valence electrons. The van der Waals surface area contributed by atoms with Crippen LogP contribution in [0.25, 0.3) is 0 Å². The van der Waals surface area contributed by atoms with Gasteiger partial charge in [0.2, 0.25) is 11.8 Å². The summed E-state index contributed by atoms with van der Waals surface area (Å²) in [6.45, 7) is 2.94. The lowest BCUT2D eigenvalue weighted by atomic mass is 9.83. The van der Waals surface area contributed by atoms with Crippen molar-refractivity contribution in [1.29, 1.82) is 0 Å². The number of carbonyl (C=O) groups is 2. The summed E-state index contributed by atoms with van der Waals surface area (Å²) in [6.07, 6.45) is 6.37. The zero-order valence-electron chi connectivity index (χ0n) is 11.9. The number of amides is 2. The third-order valence-electron chi connectivity index (χ3n) is 3.65. The number of nitrogens with two attached hydrogens (primary N) is 1. The van der Waals surface area contributed by atoms with E-state index in [1.807, 2.05) is 6.92 Å². The summed E-state index contributed by atoms with van der Waals surface area (Å²) < 4.78 is 0. The van der Waals surface area contributed by atoms with Crippen molar-refractivity contribution in [2.45, 2.75) is 57.9 Å². The molecule has 0 aromatic carbocycles. The Morgan fingerprint density at radius 2 is 1.89 bits per heavy atom. The Kier molecular flexibility index (Phi) is 7.48. The topological polar surface area (TPSA) is 84.2 Å². The molecule has 1 aliphatic carbocycles. The molecule has 2 atom stereocenters. The average Bonchev–Trinajstić information content (AvgIpc) is 2.37. The van der Waals surface area contributed by atoms with Crippen molar-refractivity contribution >= 4 is 11.8 Å². The van der Waals surface area contributed by atoms with Crippen LogP contribution in [0.2, 0.25) is 0 Å². The normalized spacial score (nSPS) is 22.8. The van der Waals surface area contributed by atoms with Crippen LogP contribution in [0.4, 0.5) is 0 Å². The van der Waals surface area contributed by atoms with Gasteiger partial charge in [-0.25, -0.2) is 0 Å². The Balaban J connectivity index is 2.06. The van der Waals surface area contributed by atoms with Gasteiger partial charge in [-0.15, -0.1) is 0 Å². The van der Waals surface area contributed by atoms with Crippen molar-refractivity contribution in [2.75, 3.05) is 13.1 Å². The summed E-state index contributed by atoms with van der Waals surface area (Å²) in [5, 5.41) is 5.50. The average molecular weight is 269 g/mol. The Morgan fingerprint density at radius 1 is 1.16 bits per heavy atom. The van der Waals surface area contributed by atoms with Gasteiger partial charge in [0.1, 0.15) is 0 Å². The van der Waals surface area contributed by atoms with Gasteiger partial charge in [0, 0.05) is 32.0 Å². The first-order valence-electron chi connectivity index (χ1n) is 7.40. The molecule has 0 bridgehead atoms. The number of rotatable bonds is 7. The molecular formula is C14H27N3O2. The van der Waals surface area contributed by atoms with Gasteiger partial charge in [0.25, 0.3) is 0 Å². The smallest absolute Gasteiger partial charge is 0.221 e. The van der Waals surface area contributed by atoms with E-state index in [0.29, 0.717) is 37.9 Å². The van der Waals surface area contributed by atoms with Crippen LogP contribution in [0.5, 0.6) is 0 Å². The van der Waals surface area contributed by atoms with Gasteiger partial charge < -0.3 is 16.4 Å². The molecule has 0 radical (unpaired) electrons. The van der Waals surface area contributed by atoms with Crippen LogP contribution in [0.1, 0.15) is 51.9 Å². The lowest BCUT2D eigenvalue weighted by molar-refractivity contribution is -0.122. The maximum absolute atomic E-state index is 11.6. The van der Waals surface area contributed by atoms with E-state index in [9.17, 15) is 9.59 Å². The van der Waals surface area contributed by atoms with E-state index in [0.717, 1.165) is 19.3 Å². The van der Waals surface area contributed by atoms with Crippen LogP contribution in [-0.4, -0.2) is 30.9 Å². The maximum Gasteiger partial charge on any atom is 0.221 e. The summed E-state index contributed by atoms with van der Waals surface area (Å²) in [6, 6.07) is 0.319. The molecule has 2 unspecified atom stereocenters.